The van der Waals surface area contributed by atoms with E-state index in [0.29, 0.717) is 5.56 Å². The van der Waals surface area contributed by atoms with Crippen molar-refractivity contribution >= 4 is 34.1 Å². The highest BCUT2D eigenvalue weighted by Gasteiger charge is 2.43. The summed E-state index contributed by atoms with van der Waals surface area (Å²) in [7, 11) is -3.81. The van der Waals surface area contributed by atoms with Gasteiger partial charge in [-0.05, 0) is 69.0 Å². The fourth-order valence-corrected chi connectivity index (χ4v) is 9.56. The number of carbonyl (C=O) groups excluding carboxylic acids is 1. The standard InChI is InChI=1S/C23H35NOSi.C19H26O2Si.H2O2/c1-10-17-18-14-12-11-13-15-19(18)20(16-24(25)22(2,3)4)21(17)26(8,9)23(5,6)7;1-7-14-15-11-9-8-10-12-16(15)17(13-20)18(14)21-22(5,6)19(2,3)4;1-2/h11-16H,10H2,1-9H3;8-13H,7H2,1-6H3;1-2H/p-1/b24-16-;;. The van der Waals surface area contributed by atoms with Crippen molar-refractivity contribution in [1.82, 2.24) is 0 Å². The Morgan fingerprint density at radius 3 is 1.48 bits per heavy atom. The molecule has 0 amide bonds. The van der Waals surface area contributed by atoms with Crippen LogP contribution in [0.3, 0.4) is 0 Å². The van der Waals surface area contributed by atoms with E-state index in [1.165, 1.54) is 21.9 Å². The molecule has 0 saturated heterocycles. The lowest BCUT2D eigenvalue weighted by Gasteiger charge is -2.38. The number of aldehydes is 1. The van der Waals surface area contributed by atoms with Crippen molar-refractivity contribution in [2.24, 2.45) is 0 Å². The largest absolute Gasteiger partial charge is 0.727 e. The summed E-state index contributed by atoms with van der Waals surface area (Å²) in [5.74, 6) is 0.810. The Morgan fingerprint density at radius 1 is 0.680 bits per heavy atom. The Balaban J connectivity index is 0.000000334. The third-order valence-electron chi connectivity index (χ3n) is 10.8. The van der Waals surface area contributed by atoms with E-state index < -0.39 is 21.9 Å². The van der Waals surface area contributed by atoms with Crippen LogP contribution >= 0.6 is 0 Å². The Hall–Kier alpha value is -3.31. The average molecular weight is 717 g/mol. The molecule has 0 atom stereocenters. The van der Waals surface area contributed by atoms with Gasteiger partial charge in [-0.2, -0.15) is 0 Å². The summed E-state index contributed by atoms with van der Waals surface area (Å²) >= 11 is 0. The van der Waals surface area contributed by atoms with E-state index in [1.807, 2.05) is 51.3 Å². The van der Waals surface area contributed by atoms with Crippen LogP contribution in [0.15, 0.2) is 60.7 Å². The Kier molecular flexibility index (Phi) is 14.0. The van der Waals surface area contributed by atoms with Crippen LogP contribution in [0.4, 0.5) is 0 Å². The van der Waals surface area contributed by atoms with E-state index in [0.717, 1.165) is 51.9 Å². The number of hydrogen-bond donors (Lipinski definition) is 1. The minimum Gasteiger partial charge on any atom is -0.727 e. The first-order chi connectivity index (χ1) is 23.0. The van der Waals surface area contributed by atoms with Crippen LogP contribution in [0.2, 0.25) is 36.3 Å². The Labute approximate surface area is 304 Å². The fourth-order valence-electron chi connectivity index (χ4n) is 5.82. The zero-order valence-corrected chi connectivity index (χ0v) is 35.4. The van der Waals surface area contributed by atoms with Crippen LogP contribution < -0.4 is 14.9 Å². The van der Waals surface area contributed by atoms with Crippen molar-refractivity contribution in [1.29, 1.82) is 0 Å². The molecule has 0 aliphatic heterocycles. The first-order valence-corrected chi connectivity index (χ1v) is 23.7. The molecule has 1 N–H and O–H groups in total. The quantitative estimate of drug-likeness (QED) is 0.0391. The van der Waals surface area contributed by atoms with E-state index in [9.17, 15) is 10.0 Å². The molecule has 4 aliphatic rings. The number of fused-ring (bicyclic) bond motifs is 2. The van der Waals surface area contributed by atoms with Gasteiger partial charge in [-0.1, -0.05) is 129 Å². The van der Waals surface area contributed by atoms with Crippen molar-refractivity contribution in [3.05, 3.63) is 88.1 Å². The van der Waals surface area contributed by atoms with Gasteiger partial charge in [0.15, 0.2) is 18.0 Å². The first kappa shape index (κ1) is 42.9. The maximum Gasteiger partial charge on any atom is 0.250 e. The smallest absolute Gasteiger partial charge is 0.250 e. The van der Waals surface area contributed by atoms with Crippen LogP contribution in [-0.4, -0.2) is 44.4 Å². The molecule has 4 aliphatic carbocycles. The highest BCUT2D eigenvalue weighted by Crippen LogP contribution is 2.46. The lowest BCUT2D eigenvalue weighted by atomic mass is 10.1. The summed E-state index contributed by atoms with van der Waals surface area (Å²) in [5.41, 5.74) is 8.60. The summed E-state index contributed by atoms with van der Waals surface area (Å²) < 4.78 is 7.66. The molecule has 0 bridgehead atoms. The minimum atomic E-state index is -1.98. The molecule has 8 heteroatoms. The van der Waals surface area contributed by atoms with Crippen molar-refractivity contribution in [3.63, 3.8) is 0 Å². The predicted octanol–water partition coefficient (Wildman–Crippen LogP) is 10.2. The van der Waals surface area contributed by atoms with Crippen LogP contribution in [0.5, 0.6) is 5.75 Å². The molecule has 0 heterocycles. The van der Waals surface area contributed by atoms with Gasteiger partial charge in [0.2, 0.25) is 0 Å². The lowest BCUT2D eigenvalue weighted by molar-refractivity contribution is -0.670. The number of carbonyl (C=O) groups is 1. The first-order valence-electron chi connectivity index (χ1n) is 17.8. The van der Waals surface area contributed by atoms with Crippen molar-refractivity contribution in [2.75, 3.05) is 0 Å². The zero-order chi connectivity index (χ0) is 38.5. The molecule has 4 rings (SSSR count). The SMILES string of the molecule is CCc1c2cccccc-2c(/C=[N+](\[O-])C(C)(C)C)c1[Si](C)(C)C(C)(C)C.CCc1c2cccccc-2c(C=O)c1O[Si](C)(C)C(C)(C)C.[O-]O. The van der Waals surface area contributed by atoms with E-state index in [1.54, 1.807) is 0 Å². The summed E-state index contributed by atoms with van der Waals surface area (Å²) in [6.07, 6.45) is 4.66. The van der Waals surface area contributed by atoms with Crippen LogP contribution in [0.25, 0.3) is 22.3 Å². The molecule has 0 aromatic carbocycles. The van der Waals surface area contributed by atoms with Crippen LogP contribution in [0.1, 0.15) is 103 Å². The number of hydrogen-bond acceptors (Lipinski definition) is 5. The predicted molar refractivity (Wildman–Crippen MR) is 216 cm³/mol. The van der Waals surface area contributed by atoms with Gasteiger partial charge in [0, 0.05) is 31.9 Å². The number of nitrogens with zero attached hydrogens (tertiary/aromatic N) is 1. The van der Waals surface area contributed by atoms with Gasteiger partial charge in [0.25, 0.3) is 8.32 Å². The third kappa shape index (κ3) is 8.94. The van der Waals surface area contributed by atoms with Crippen LogP contribution in [0, 0.1) is 5.21 Å². The molecule has 274 valence electrons. The second kappa shape index (κ2) is 16.4. The van der Waals surface area contributed by atoms with Crippen molar-refractivity contribution in [2.45, 2.75) is 131 Å². The molecule has 0 unspecified atom stereocenters. The zero-order valence-electron chi connectivity index (χ0n) is 33.4. The molecule has 0 fully saturated rings. The molecule has 0 spiro atoms. The number of rotatable bonds is 7. The third-order valence-corrected chi connectivity index (χ3v) is 20.7. The molecule has 0 aromatic rings. The molecule has 0 aromatic heterocycles. The van der Waals surface area contributed by atoms with Gasteiger partial charge >= 0.3 is 0 Å². The highest BCUT2D eigenvalue weighted by atomic mass is 28.4. The summed E-state index contributed by atoms with van der Waals surface area (Å²) in [6, 6.07) is 20.7. The van der Waals surface area contributed by atoms with Gasteiger partial charge < -0.3 is 20.1 Å². The normalized spacial score (nSPS) is 12.9. The van der Waals surface area contributed by atoms with Gasteiger partial charge in [0.05, 0.1) is 13.6 Å². The minimum absolute atomic E-state index is 0.103. The van der Waals surface area contributed by atoms with Gasteiger partial charge in [-0.3, -0.25) is 4.79 Å². The topological polar surface area (TPSA) is 95.7 Å². The highest BCUT2D eigenvalue weighted by molar-refractivity contribution is 6.93. The summed E-state index contributed by atoms with van der Waals surface area (Å²) in [6.45, 7) is 33.3. The van der Waals surface area contributed by atoms with E-state index in [-0.39, 0.29) is 10.1 Å². The Bertz CT molecular complexity index is 1700. The van der Waals surface area contributed by atoms with Gasteiger partial charge in [-0.15, -0.1) is 0 Å². The molecular weight excluding hydrogens is 655 g/mol. The molecule has 50 heavy (non-hydrogen) atoms. The van der Waals surface area contributed by atoms with Gasteiger partial charge in [-0.25, -0.2) is 4.74 Å². The molecule has 0 radical (unpaired) electrons. The molecular formula is C42H62NO5Si2-. The fraction of sp³-hybridized carbons (Fsp3) is 0.476. The maximum atomic E-state index is 12.9. The summed E-state index contributed by atoms with van der Waals surface area (Å²) in [5, 5.41) is 27.6. The second-order valence-electron chi connectivity index (χ2n) is 17.2. The van der Waals surface area contributed by atoms with E-state index in [4.69, 9.17) is 14.9 Å². The second-order valence-corrected chi connectivity index (χ2v) is 27.1. The van der Waals surface area contributed by atoms with E-state index >= 15 is 0 Å². The monoisotopic (exact) mass is 716 g/mol. The molecule has 0 saturated carbocycles. The van der Waals surface area contributed by atoms with Gasteiger partial charge in [0.1, 0.15) is 5.75 Å². The molecule has 6 nitrogen and oxygen atoms in total. The van der Waals surface area contributed by atoms with Crippen molar-refractivity contribution < 1.29 is 24.5 Å². The van der Waals surface area contributed by atoms with Crippen LogP contribution in [-0.2, 0) is 12.8 Å². The van der Waals surface area contributed by atoms with E-state index in [2.05, 4.69) is 118 Å². The maximum absolute atomic E-state index is 12.9. The van der Waals surface area contributed by atoms with Crippen molar-refractivity contribution in [3.8, 4) is 28.0 Å². The number of hydroxylamine groups is 1. The Morgan fingerprint density at radius 2 is 1.10 bits per heavy atom. The lowest BCUT2D eigenvalue weighted by Crippen LogP contribution is -2.52. The average Bonchev–Trinajstić information content (AvgIpc) is 3.20. The summed E-state index contributed by atoms with van der Waals surface area (Å²) in [4.78, 5) is 11.7.